The van der Waals surface area contributed by atoms with E-state index >= 15 is 0 Å². The summed E-state index contributed by atoms with van der Waals surface area (Å²) >= 11 is 1.00. The summed E-state index contributed by atoms with van der Waals surface area (Å²) < 4.78 is 30.7. The topological polar surface area (TPSA) is 116 Å². The Bertz CT molecular complexity index is 767. The fourth-order valence-corrected chi connectivity index (χ4v) is 3.47. The molecule has 0 unspecified atom stereocenters. The van der Waals surface area contributed by atoms with Crippen LogP contribution in [0.25, 0.3) is 0 Å². The van der Waals surface area contributed by atoms with E-state index < -0.39 is 28.4 Å². The van der Waals surface area contributed by atoms with Crippen LogP contribution < -0.4 is 15.2 Å². The zero-order chi connectivity index (χ0) is 16.2. The lowest BCUT2D eigenvalue weighted by atomic mass is 10.2. The molecule has 1 aromatic carbocycles. The predicted octanol–water partition coefficient (Wildman–Crippen LogP) is 0.731. The van der Waals surface area contributed by atoms with Gasteiger partial charge in [0.05, 0.1) is 0 Å². The van der Waals surface area contributed by atoms with Gasteiger partial charge in [0.25, 0.3) is 15.9 Å². The first kappa shape index (κ1) is 16.0. The van der Waals surface area contributed by atoms with Gasteiger partial charge >= 0.3 is 0 Å². The lowest BCUT2D eigenvalue weighted by Gasteiger charge is -2.07. The molecule has 0 saturated carbocycles. The molecule has 0 aliphatic heterocycles. The van der Waals surface area contributed by atoms with Crippen molar-refractivity contribution < 1.29 is 22.7 Å². The molecule has 3 N–H and O–H groups in total. The standard InChI is InChI=1S/C13H12N2O5S2/c14-13(17)9-3-5-10(6-4-9)20-8-11(16)15-22(18,19)12-2-1-7-21-12/h1-7H,8H2,(H2,14,17)(H,15,16). The third-order valence-electron chi connectivity index (χ3n) is 2.52. The molecule has 2 aromatic rings. The summed E-state index contributed by atoms with van der Waals surface area (Å²) in [6, 6.07) is 8.77. The number of hydrogen-bond donors (Lipinski definition) is 2. The van der Waals surface area contributed by atoms with Crippen LogP contribution in [0, 0.1) is 0 Å². The van der Waals surface area contributed by atoms with Gasteiger partial charge in [-0.25, -0.2) is 13.1 Å². The van der Waals surface area contributed by atoms with Crippen molar-refractivity contribution in [3.8, 4) is 5.75 Å². The summed E-state index contributed by atoms with van der Waals surface area (Å²) in [6.45, 7) is -0.472. The minimum Gasteiger partial charge on any atom is -0.484 e. The molecular weight excluding hydrogens is 328 g/mol. The number of carbonyl (C=O) groups excluding carboxylic acids is 2. The molecule has 0 radical (unpaired) electrons. The SMILES string of the molecule is NC(=O)c1ccc(OCC(=O)NS(=O)(=O)c2cccs2)cc1. The molecule has 116 valence electrons. The zero-order valence-corrected chi connectivity index (χ0v) is 12.8. The minimum absolute atomic E-state index is 0.0478. The lowest BCUT2D eigenvalue weighted by molar-refractivity contribution is -0.121. The maximum Gasteiger partial charge on any atom is 0.273 e. The fourth-order valence-electron chi connectivity index (χ4n) is 1.51. The van der Waals surface area contributed by atoms with Crippen molar-refractivity contribution in [1.82, 2.24) is 4.72 Å². The number of sulfonamides is 1. The third-order valence-corrected chi connectivity index (χ3v) is 5.29. The second kappa shape index (κ2) is 6.58. The normalized spacial score (nSPS) is 10.9. The number of nitrogens with two attached hydrogens (primary N) is 1. The first-order valence-electron chi connectivity index (χ1n) is 6.00. The van der Waals surface area contributed by atoms with Crippen LogP contribution in [0.5, 0.6) is 5.75 Å². The van der Waals surface area contributed by atoms with E-state index in [0.717, 1.165) is 11.3 Å². The van der Waals surface area contributed by atoms with E-state index in [1.54, 1.807) is 11.4 Å². The Labute approximate surface area is 130 Å². The number of rotatable bonds is 6. The number of nitrogens with one attached hydrogen (secondary N) is 1. The van der Waals surface area contributed by atoms with Crippen molar-refractivity contribution in [2.24, 2.45) is 5.73 Å². The van der Waals surface area contributed by atoms with Gasteiger partial charge in [0, 0.05) is 5.56 Å². The summed E-state index contributed by atoms with van der Waals surface area (Å²) in [7, 11) is -3.86. The second-order valence-electron chi connectivity index (χ2n) is 4.14. The Morgan fingerprint density at radius 1 is 1.18 bits per heavy atom. The van der Waals surface area contributed by atoms with Gasteiger partial charge in [-0.2, -0.15) is 0 Å². The maximum absolute atomic E-state index is 11.8. The monoisotopic (exact) mass is 340 g/mol. The predicted molar refractivity (Wildman–Crippen MR) is 80.1 cm³/mol. The van der Waals surface area contributed by atoms with Gasteiger partial charge in [0.2, 0.25) is 5.91 Å². The molecule has 2 rings (SSSR count). The van der Waals surface area contributed by atoms with Crippen molar-refractivity contribution in [2.45, 2.75) is 4.21 Å². The number of carbonyl (C=O) groups is 2. The molecule has 9 heteroatoms. The third kappa shape index (κ3) is 4.06. The van der Waals surface area contributed by atoms with Gasteiger partial charge in [-0.15, -0.1) is 11.3 Å². The molecule has 0 bridgehead atoms. The zero-order valence-electron chi connectivity index (χ0n) is 11.2. The maximum atomic E-state index is 11.8. The van der Waals surface area contributed by atoms with Gasteiger partial charge in [-0.3, -0.25) is 9.59 Å². The number of ether oxygens (including phenoxy) is 1. The summed E-state index contributed by atoms with van der Waals surface area (Å²) in [4.78, 5) is 22.5. The first-order chi connectivity index (χ1) is 10.4. The number of hydrogen-bond acceptors (Lipinski definition) is 6. The molecule has 7 nitrogen and oxygen atoms in total. The molecular formula is C13H12N2O5S2. The molecule has 0 atom stereocenters. The lowest BCUT2D eigenvalue weighted by Crippen LogP contribution is -2.34. The van der Waals surface area contributed by atoms with Gasteiger partial charge in [0.15, 0.2) is 6.61 Å². The summed E-state index contributed by atoms with van der Waals surface area (Å²) in [5, 5.41) is 1.59. The highest BCUT2D eigenvalue weighted by molar-refractivity contribution is 7.92. The van der Waals surface area contributed by atoms with E-state index in [4.69, 9.17) is 10.5 Å². The largest absolute Gasteiger partial charge is 0.484 e. The van der Waals surface area contributed by atoms with E-state index in [9.17, 15) is 18.0 Å². The number of primary amides is 1. The van der Waals surface area contributed by atoms with Crippen LogP contribution in [-0.2, 0) is 14.8 Å². The van der Waals surface area contributed by atoms with Gasteiger partial charge < -0.3 is 10.5 Å². The van der Waals surface area contributed by atoms with Gasteiger partial charge in [0.1, 0.15) is 9.96 Å². The summed E-state index contributed by atoms with van der Waals surface area (Å²) in [5.74, 6) is -1.06. The number of benzene rings is 1. The van der Waals surface area contributed by atoms with Crippen LogP contribution in [0.4, 0.5) is 0 Å². The minimum atomic E-state index is -3.86. The smallest absolute Gasteiger partial charge is 0.273 e. The van der Waals surface area contributed by atoms with E-state index in [1.807, 2.05) is 4.72 Å². The Morgan fingerprint density at radius 2 is 1.86 bits per heavy atom. The molecule has 1 heterocycles. The Kier molecular flexibility index (Phi) is 4.78. The van der Waals surface area contributed by atoms with Gasteiger partial charge in [-0.05, 0) is 35.7 Å². The van der Waals surface area contributed by atoms with E-state index in [0.29, 0.717) is 11.3 Å². The Morgan fingerprint density at radius 3 is 2.41 bits per heavy atom. The Hall–Kier alpha value is -2.39. The fraction of sp³-hybridized carbons (Fsp3) is 0.0769. The van der Waals surface area contributed by atoms with Crippen LogP contribution in [0.1, 0.15) is 10.4 Å². The second-order valence-corrected chi connectivity index (χ2v) is 7.00. The van der Waals surface area contributed by atoms with Crippen molar-refractivity contribution in [1.29, 1.82) is 0 Å². The first-order valence-corrected chi connectivity index (χ1v) is 8.36. The Balaban J connectivity index is 1.92. The molecule has 22 heavy (non-hydrogen) atoms. The highest BCUT2D eigenvalue weighted by Gasteiger charge is 2.18. The van der Waals surface area contributed by atoms with Crippen molar-refractivity contribution in [3.05, 3.63) is 47.3 Å². The van der Waals surface area contributed by atoms with Crippen molar-refractivity contribution in [3.63, 3.8) is 0 Å². The average molecular weight is 340 g/mol. The van der Waals surface area contributed by atoms with Crippen LogP contribution >= 0.6 is 11.3 Å². The summed E-state index contributed by atoms with van der Waals surface area (Å²) in [5.41, 5.74) is 5.40. The van der Waals surface area contributed by atoms with Crippen molar-refractivity contribution in [2.75, 3.05) is 6.61 Å². The van der Waals surface area contributed by atoms with Crippen LogP contribution in [0.2, 0.25) is 0 Å². The van der Waals surface area contributed by atoms with E-state index in [1.165, 1.54) is 30.3 Å². The van der Waals surface area contributed by atoms with E-state index in [2.05, 4.69) is 0 Å². The number of thiophene rings is 1. The average Bonchev–Trinajstić information content (AvgIpc) is 3.00. The van der Waals surface area contributed by atoms with Gasteiger partial charge in [-0.1, -0.05) is 6.07 Å². The molecule has 0 aliphatic rings. The number of amides is 2. The van der Waals surface area contributed by atoms with E-state index in [-0.39, 0.29) is 4.21 Å². The molecule has 0 spiro atoms. The molecule has 0 fully saturated rings. The molecule has 2 amide bonds. The van der Waals surface area contributed by atoms with Crippen LogP contribution in [0.15, 0.2) is 46.0 Å². The molecule has 1 aromatic heterocycles. The summed E-state index contributed by atoms with van der Waals surface area (Å²) in [6.07, 6.45) is 0. The molecule has 0 aliphatic carbocycles. The van der Waals surface area contributed by atoms with Crippen LogP contribution in [0.3, 0.4) is 0 Å². The quantitative estimate of drug-likeness (QED) is 0.804. The van der Waals surface area contributed by atoms with Crippen molar-refractivity contribution >= 4 is 33.2 Å². The molecule has 0 saturated heterocycles. The highest BCUT2D eigenvalue weighted by atomic mass is 32.2. The highest BCUT2D eigenvalue weighted by Crippen LogP contribution is 2.15. The van der Waals surface area contributed by atoms with Crippen LogP contribution in [-0.4, -0.2) is 26.8 Å².